The minimum atomic E-state index is -1.44. The SMILES string of the molecule is CC1(C)O[C@@H]2C[C@H]3[C@H]4CCC5=CC(=O)C=C[C@]5(C)[C@H]4[C@@H](O)C[C@]3(C)[C@]2(C(=O)O)O1. The van der Waals surface area contributed by atoms with Crippen LogP contribution in [0.4, 0.5) is 0 Å². The third-order valence-corrected chi connectivity index (χ3v) is 8.81. The maximum atomic E-state index is 12.6. The molecular weight excluding hydrogens is 372 g/mol. The summed E-state index contributed by atoms with van der Waals surface area (Å²) in [5.41, 5.74) is -1.44. The van der Waals surface area contributed by atoms with Gasteiger partial charge in [0.05, 0.1) is 6.10 Å². The second-order valence-corrected chi connectivity index (χ2v) is 10.6. The lowest BCUT2D eigenvalue weighted by Gasteiger charge is -2.59. The van der Waals surface area contributed by atoms with Crippen molar-refractivity contribution in [1.29, 1.82) is 0 Å². The van der Waals surface area contributed by atoms with Crippen molar-refractivity contribution in [3.63, 3.8) is 0 Å². The van der Waals surface area contributed by atoms with Crippen LogP contribution in [0.15, 0.2) is 23.8 Å². The highest BCUT2D eigenvalue weighted by Crippen LogP contribution is 2.70. The Bertz CT molecular complexity index is 857. The number of ketones is 1. The number of carboxylic acid groups (broad SMARTS) is 1. The smallest absolute Gasteiger partial charge is 0.339 e. The van der Waals surface area contributed by atoms with E-state index in [2.05, 4.69) is 6.92 Å². The highest BCUT2D eigenvalue weighted by Gasteiger charge is 2.77. The van der Waals surface area contributed by atoms with Crippen molar-refractivity contribution in [1.82, 2.24) is 0 Å². The number of aliphatic hydroxyl groups excluding tert-OH is 1. The molecule has 1 saturated heterocycles. The van der Waals surface area contributed by atoms with Gasteiger partial charge in [-0.05, 0) is 63.5 Å². The maximum absolute atomic E-state index is 12.6. The summed E-state index contributed by atoms with van der Waals surface area (Å²) in [6, 6.07) is 0. The van der Waals surface area contributed by atoms with Crippen LogP contribution in [0.5, 0.6) is 0 Å². The van der Waals surface area contributed by atoms with Crippen molar-refractivity contribution < 1.29 is 29.3 Å². The molecule has 0 unspecified atom stereocenters. The predicted octanol–water partition coefficient (Wildman–Crippen LogP) is 2.85. The lowest BCUT2D eigenvalue weighted by molar-refractivity contribution is -0.232. The highest BCUT2D eigenvalue weighted by atomic mass is 16.8. The Morgan fingerprint density at radius 1 is 1.24 bits per heavy atom. The molecule has 0 aromatic carbocycles. The van der Waals surface area contributed by atoms with Crippen LogP contribution in [0.2, 0.25) is 0 Å². The van der Waals surface area contributed by atoms with E-state index in [1.807, 2.05) is 13.0 Å². The molecule has 6 nitrogen and oxygen atoms in total. The Kier molecular flexibility index (Phi) is 3.75. The fourth-order valence-corrected chi connectivity index (χ4v) is 7.79. The zero-order valence-electron chi connectivity index (χ0n) is 17.5. The Morgan fingerprint density at radius 3 is 2.66 bits per heavy atom. The van der Waals surface area contributed by atoms with Gasteiger partial charge in [0.25, 0.3) is 0 Å². The molecule has 8 atom stereocenters. The molecule has 0 radical (unpaired) electrons. The monoisotopic (exact) mass is 402 g/mol. The van der Waals surface area contributed by atoms with E-state index in [9.17, 15) is 19.8 Å². The summed E-state index contributed by atoms with van der Waals surface area (Å²) in [4.78, 5) is 24.5. The second kappa shape index (κ2) is 5.59. The minimum Gasteiger partial charge on any atom is -0.479 e. The van der Waals surface area contributed by atoms with Gasteiger partial charge in [0.15, 0.2) is 17.2 Å². The van der Waals surface area contributed by atoms with E-state index in [-0.39, 0.29) is 29.0 Å². The fraction of sp³-hybridized carbons (Fsp3) is 0.739. The second-order valence-electron chi connectivity index (χ2n) is 10.6. The van der Waals surface area contributed by atoms with E-state index in [1.54, 1.807) is 26.0 Å². The summed E-state index contributed by atoms with van der Waals surface area (Å²) in [7, 11) is 0. The first-order valence-electron chi connectivity index (χ1n) is 10.7. The van der Waals surface area contributed by atoms with Crippen LogP contribution >= 0.6 is 0 Å². The van der Waals surface area contributed by atoms with E-state index in [4.69, 9.17) is 9.47 Å². The average molecular weight is 402 g/mol. The molecule has 29 heavy (non-hydrogen) atoms. The van der Waals surface area contributed by atoms with E-state index in [1.165, 1.54) is 0 Å². The van der Waals surface area contributed by atoms with Crippen LogP contribution in [0.3, 0.4) is 0 Å². The average Bonchev–Trinajstić information content (AvgIpc) is 3.02. The molecule has 6 heteroatoms. The highest BCUT2D eigenvalue weighted by molar-refractivity contribution is 6.01. The first-order chi connectivity index (χ1) is 13.4. The van der Waals surface area contributed by atoms with E-state index in [0.29, 0.717) is 12.8 Å². The van der Waals surface area contributed by atoms with Crippen molar-refractivity contribution in [3.05, 3.63) is 23.8 Å². The van der Waals surface area contributed by atoms with Crippen molar-refractivity contribution >= 4 is 11.8 Å². The standard InChI is InChI=1S/C23H30O6/c1-20(2)28-17-10-15-14-6-5-12-9-13(24)7-8-21(12,3)18(14)16(25)11-22(15,4)23(17,29-20)19(26)27/h7-9,14-18,25H,5-6,10-11H2,1-4H3,(H,26,27)/t14-,15+,16+,17-,18-,21+,22+,23+/m1/s1. The molecule has 0 aromatic heterocycles. The van der Waals surface area contributed by atoms with Crippen LogP contribution in [0, 0.1) is 28.6 Å². The number of aliphatic hydroxyl groups is 1. The summed E-state index contributed by atoms with van der Waals surface area (Å²) in [5.74, 6) is -1.74. The maximum Gasteiger partial charge on any atom is 0.339 e. The number of carboxylic acids is 1. The number of carbonyl (C=O) groups is 2. The lowest BCUT2D eigenvalue weighted by Crippen LogP contribution is -2.63. The molecule has 4 fully saturated rings. The molecule has 3 saturated carbocycles. The molecule has 1 aliphatic heterocycles. The number of allylic oxidation sites excluding steroid dienone is 4. The van der Waals surface area contributed by atoms with Crippen molar-refractivity contribution in [3.8, 4) is 0 Å². The van der Waals surface area contributed by atoms with Gasteiger partial charge in [-0.25, -0.2) is 4.79 Å². The summed E-state index contributed by atoms with van der Waals surface area (Å²) in [5, 5.41) is 21.7. The molecule has 5 aliphatic rings. The van der Waals surface area contributed by atoms with Gasteiger partial charge in [-0.15, -0.1) is 0 Å². The van der Waals surface area contributed by atoms with Gasteiger partial charge in [-0.2, -0.15) is 0 Å². The molecule has 5 rings (SSSR count). The molecule has 1 heterocycles. The summed E-state index contributed by atoms with van der Waals surface area (Å²) >= 11 is 0. The van der Waals surface area contributed by atoms with Gasteiger partial charge in [0, 0.05) is 16.7 Å². The lowest BCUT2D eigenvalue weighted by atomic mass is 9.46. The molecule has 4 aliphatic carbocycles. The number of ether oxygens (including phenoxy) is 2. The Labute approximate surface area is 170 Å². The predicted molar refractivity (Wildman–Crippen MR) is 104 cm³/mol. The van der Waals surface area contributed by atoms with Gasteiger partial charge >= 0.3 is 5.97 Å². The van der Waals surface area contributed by atoms with Crippen LogP contribution in [-0.4, -0.2) is 45.6 Å². The topological polar surface area (TPSA) is 93.1 Å². The number of hydrogen-bond acceptors (Lipinski definition) is 5. The quantitative estimate of drug-likeness (QED) is 0.701. The zero-order chi connectivity index (χ0) is 21.0. The van der Waals surface area contributed by atoms with Crippen LogP contribution in [0.1, 0.15) is 53.4 Å². The first-order valence-corrected chi connectivity index (χ1v) is 10.7. The number of aliphatic carboxylic acids is 1. The van der Waals surface area contributed by atoms with Gasteiger partial charge in [-0.3, -0.25) is 4.79 Å². The van der Waals surface area contributed by atoms with E-state index < -0.39 is 35.0 Å². The number of fused-ring (bicyclic) bond motifs is 7. The number of hydrogen-bond donors (Lipinski definition) is 2. The first kappa shape index (κ1) is 19.5. The van der Waals surface area contributed by atoms with Crippen LogP contribution in [-0.2, 0) is 19.1 Å². The molecule has 2 N–H and O–H groups in total. The summed E-state index contributed by atoms with van der Waals surface area (Å²) in [6.07, 6.45) is 6.73. The van der Waals surface area contributed by atoms with Gasteiger partial charge in [-0.1, -0.05) is 25.5 Å². The van der Waals surface area contributed by atoms with Gasteiger partial charge in [0.1, 0.15) is 6.10 Å². The molecule has 0 bridgehead atoms. The van der Waals surface area contributed by atoms with Crippen LogP contribution < -0.4 is 0 Å². The molecule has 158 valence electrons. The third-order valence-electron chi connectivity index (χ3n) is 8.81. The summed E-state index contributed by atoms with van der Waals surface area (Å²) in [6.45, 7) is 7.62. The van der Waals surface area contributed by atoms with E-state index in [0.717, 1.165) is 18.4 Å². The Morgan fingerprint density at radius 2 is 1.97 bits per heavy atom. The normalized spacial score (nSPS) is 52.2. The molecule has 0 amide bonds. The summed E-state index contributed by atoms with van der Waals surface area (Å²) < 4.78 is 12.3. The Balaban J connectivity index is 1.59. The number of rotatable bonds is 1. The molecule has 0 aromatic rings. The fourth-order valence-electron chi connectivity index (χ4n) is 7.79. The molecule has 0 spiro atoms. The van der Waals surface area contributed by atoms with Crippen LogP contribution in [0.25, 0.3) is 0 Å². The minimum absolute atomic E-state index is 0.00956. The number of carbonyl (C=O) groups excluding carboxylic acids is 1. The van der Waals surface area contributed by atoms with Crippen molar-refractivity contribution in [2.75, 3.05) is 0 Å². The van der Waals surface area contributed by atoms with Crippen molar-refractivity contribution in [2.24, 2.45) is 28.6 Å². The van der Waals surface area contributed by atoms with Crippen molar-refractivity contribution in [2.45, 2.75) is 77.0 Å². The third kappa shape index (κ3) is 2.23. The largest absolute Gasteiger partial charge is 0.479 e. The molecular formula is C23H30O6. The van der Waals surface area contributed by atoms with E-state index >= 15 is 0 Å². The zero-order valence-corrected chi connectivity index (χ0v) is 17.5. The Hall–Kier alpha value is -1.50. The van der Waals surface area contributed by atoms with Gasteiger partial charge < -0.3 is 19.7 Å². The van der Waals surface area contributed by atoms with Gasteiger partial charge in [0.2, 0.25) is 0 Å².